The van der Waals surface area contributed by atoms with Crippen molar-refractivity contribution >= 4 is 18.8 Å². The number of amides is 1. The number of pyridine rings is 1. The molecule has 156 valence electrons. The number of hydrogen-bond donors (Lipinski definition) is 3. The number of carbonyl (C=O) groups is 1. The van der Waals surface area contributed by atoms with Crippen LogP contribution < -0.4 is 10.6 Å². The molecule has 0 aliphatic heterocycles. The predicted octanol–water partition coefficient (Wildman–Crippen LogP) is 2.06. The van der Waals surface area contributed by atoms with Crippen LogP contribution in [0.3, 0.4) is 0 Å². The van der Waals surface area contributed by atoms with Gasteiger partial charge in [-0.05, 0) is 43.2 Å². The van der Waals surface area contributed by atoms with Crippen molar-refractivity contribution in [2.45, 2.75) is 13.3 Å². The van der Waals surface area contributed by atoms with E-state index in [0.29, 0.717) is 18.7 Å². The second-order valence-electron chi connectivity index (χ2n) is 6.26. The predicted molar refractivity (Wildman–Crippen MR) is 110 cm³/mol. The molecule has 3 rings (SSSR count). The van der Waals surface area contributed by atoms with Crippen molar-refractivity contribution in [3.63, 3.8) is 0 Å². The third kappa shape index (κ3) is 5.27. The molecule has 3 aromatic rings. The summed E-state index contributed by atoms with van der Waals surface area (Å²) >= 11 is 0. The van der Waals surface area contributed by atoms with E-state index in [1.54, 1.807) is 43.5 Å². The van der Waals surface area contributed by atoms with Gasteiger partial charge < -0.3 is 19.8 Å². The van der Waals surface area contributed by atoms with Crippen LogP contribution in [0.4, 0.5) is 0 Å². The van der Waals surface area contributed by atoms with Crippen molar-refractivity contribution in [2.24, 2.45) is 0 Å². The molecule has 0 fully saturated rings. The molecule has 1 unspecified atom stereocenters. The molecule has 1 atom stereocenters. The van der Waals surface area contributed by atoms with Gasteiger partial charge in [0.25, 0.3) is 5.91 Å². The Hall–Kier alpha value is -3.13. The molecule has 0 saturated heterocycles. The van der Waals surface area contributed by atoms with Gasteiger partial charge in [0.2, 0.25) is 5.88 Å². The Morgan fingerprint density at radius 3 is 2.57 bits per heavy atom. The van der Waals surface area contributed by atoms with E-state index in [1.807, 2.05) is 0 Å². The Morgan fingerprint density at radius 2 is 1.93 bits per heavy atom. The van der Waals surface area contributed by atoms with Crippen LogP contribution in [0.1, 0.15) is 22.8 Å². The number of benzene rings is 1. The second kappa shape index (κ2) is 9.58. The Labute approximate surface area is 173 Å². The number of aromatic nitrogens is 3. The van der Waals surface area contributed by atoms with Crippen LogP contribution in [0.5, 0.6) is 5.88 Å². The summed E-state index contributed by atoms with van der Waals surface area (Å²) in [7, 11) is -3.79. The lowest BCUT2D eigenvalue weighted by Gasteiger charge is -2.11. The molecular weight excluding hydrogens is 407 g/mol. The Balaban J connectivity index is 1.58. The molecule has 0 aliphatic rings. The quantitative estimate of drug-likeness (QED) is 0.464. The minimum Gasteiger partial charge on any atom is -0.493 e. The molecule has 2 aromatic heterocycles. The molecule has 30 heavy (non-hydrogen) atoms. The fourth-order valence-electron chi connectivity index (χ4n) is 2.67. The number of aromatic hydroxyl groups is 1. The molecule has 3 N–H and O–H groups in total. The first-order chi connectivity index (χ1) is 14.4. The van der Waals surface area contributed by atoms with Gasteiger partial charge in [0.15, 0.2) is 5.82 Å². The maximum Gasteiger partial charge on any atom is 0.358 e. The Bertz CT molecular complexity index is 1060. The first-order valence-electron chi connectivity index (χ1n) is 9.23. The summed E-state index contributed by atoms with van der Waals surface area (Å²) in [6.45, 7) is 2.08. The average molecular weight is 428 g/mol. The standard InChI is InChI=1S/C20H21N4O5P/c1-2-29-30(27,28)15-8-6-14(7-9-15)10-12-22-19(25)16-13-23-18(24-20(16)26)17-5-3-4-11-21-17/h3-9,11,13H,2,10,12H2,1H3,(H,22,25)(H,27,28)(H,23,24,26). The molecule has 0 spiro atoms. The fourth-order valence-corrected chi connectivity index (χ4v) is 3.69. The van der Waals surface area contributed by atoms with Gasteiger partial charge in [-0.15, -0.1) is 0 Å². The van der Waals surface area contributed by atoms with Gasteiger partial charge in [0.1, 0.15) is 11.3 Å². The number of hydrogen-bond acceptors (Lipinski definition) is 7. The summed E-state index contributed by atoms with van der Waals surface area (Å²) in [5.41, 5.74) is 1.31. The second-order valence-corrected chi connectivity index (χ2v) is 8.07. The largest absolute Gasteiger partial charge is 0.493 e. The van der Waals surface area contributed by atoms with Crippen LogP contribution in [0, 0.1) is 0 Å². The highest BCUT2D eigenvalue weighted by atomic mass is 31.2. The topological polar surface area (TPSA) is 135 Å². The van der Waals surface area contributed by atoms with Crippen LogP contribution >= 0.6 is 7.60 Å². The molecular formula is C20H21N4O5P. The van der Waals surface area contributed by atoms with E-state index < -0.39 is 19.4 Å². The van der Waals surface area contributed by atoms with Gasteiger partial charge in [-0.1, -0.05) is 18.2 Å². The van der Waals surface area contributed by atoms with E-state index in [4.69, 9.17) is 4.52 Å². The molecule has 2 heterocycles. The van der Waals surface area contributed by atoms with E-state index in [0.717, 1.165) is 5.56 Å². The lowest BCUT2D eigenvalue weighted by molar-refractivity contribution is 0.0950. The van der Waals surface area contributed by atoms with Crippen LogP contribution in [-0.2, 0) is 15.5 Å². The van der Waals surface area contributed by atoms with Crippen molar-refractivity contribution in [3.05, 3.63) is 66.0 Å². The smallest absolute Gasteiger partial charge is 0.358 e. The highest BCUT2D eigenvalue weighted by Gasteiger charge is 2.21. The van der Waals surface area contributed by atoms with Gasteiger partial charge in [-0.3, -0.25) is 14.3 Å². The first kappa shape index (κ1) is 21.6. The molecule has 1 aromatic carbocycles. The van der Waals surface area contributed by atoms with Gasteiger partial charge in [-0.25, -0.2) is 4.98 Å². The number of carbonyl (C=O) groups excluding carboxylic acids is 1. The van der Waals surface area contributed by atoms with Crippen molar-refractivity contribution in [2.75, 3.05) is 13.2 Å². The molecule has 1 amide bonds. The van der Waals surface area contributed by atoms with Crippen molar-refractivity contribution in [3.8, 4) is 17.4 Å². The molecule has 0 radical (unpaired) electrons. The zero-order valence-corrected chi connectivity index (χ0v) is 17.1. The van der Waals surface area contributed by atoms with Crippen molar-refractivity contribution < 1.29 is 23.9 Å². The van der Waals surface area contributed by atoms with Crippen LogP contribution in [0.2, 0.25) is 0 Å². The van der Waals surface area contributed by atoms with E-state index in [2.05, 4.69) is 20.3 Å². The van der Waals surface area contributed by atoms with Crippen molar-refractivity contribution in [1.29, 1.82) is 0 Å². The summed E-state index contributed by atoms with van der Waals surface area (Å²) in [5.74, 6) is -0.715. The van der Waals surface area contributed by atoms with Gasteiger partial charge in [-0.2, -0.15) is 4.98 Å². The maximum absolute atomic E-state index is 12.3. The summed E-state index contributed by atoms with van der Waals surface area (Å²) in [5, 5.41) is 13.0. The molecule has 0 saturated carbocycles. The highest BCUT2D eigenvalue weighted by Crippen LogP contribution is 2.40. The SMILES string of the molecule is CCOP(=O)(O)c1ccc(CCNC(=O)c2cnc(-c3ccccn3)nc2O)cc1. The summed E-state index contributed by atoms with van der Waals surface area (Å²) in [6.07, 6.45) is 3.33. The normalized spacial score (nSPS) is 12.9. The molecule has 0 aliphatic carbocycles. The van der Waals surface area contributed by atoms with E-state index in [9.17, 15) is 19.4 Å². The van der Waals surface area contributed by atoms with Gasteiger partial charge in [0.05, 0.1) is 11.9 Å². The number of nitrogens with one attached hydrogen (secondary N) is 1. The molecule has 9 nitrogen and oxygen atoms in total. The fraction of sp³-hybridized carbons (Fsp3) is 0.200. The zero-order valence-electron chi connectivity index (χ0n) is 16.2. The third-order valence-corrected chi connectivity index (χ3v) is 5.73. The van der Waals surface area contributed by atoms with E-state index >= 15 is 0 Å². The van der Waals surface area contributed by atoms with Gasteiger partial charge >= 0.3 is 7.60 Å². The van der Waals surface area contributed by atoms with Gasteiger partial charge in [0, 0.05) is 18.9 Å². The van der Waals surface area contributed by atoms with E-state index in [1.165, 1.54) is 18.3 Å². The summed E-state index contributed by atoms with van der Waals surface area (Å²) < 4.78 is 16.8. The summed E-state index contributed by atoms with van der Waals surface area (Å²) in [6, 6.07) is 11.7. The minimum absolute atomic E-state index is 0.0389. The average Bonchev–Trinajstić information content (AvgIpc) is 2.74. The number of nitrogens with zero attached hydrogens (tertiary/aromatic N) is 3. The Morgan fingerprint density at radius 1 is 1.17 bits per heavy atom. The lowest BCUT2D eigenvalue weighted by atomic mass is 10.1. The van der Waals surface area contributed by atoms with Crippen LogP contribution in [-0.4, -0.2) is 44.0 Å². The van der Waals surface area contributed by atoms with Crippen molar-refractivity contribution in [1.82, 2.24) is 20.3 Å². The first-order valence-corrected chi connectivity index (χ1v) is 10.8. The van der Waals surface area contributed by atoms with E-state index in [-0.39, 0.29) is 23.3 Å². The minimum atomic E-state index is -3.79. The van der Waals surface area contributed by atoms with Crippen LogP contribution in [0.15, 0.2) is 54.9 Å². The summed E-state index contributed by atoms with van der Waals surface area (Å²) in [4.78, 5) is 34.2. The Kier molecular flexibility index (Phi) is 6.89. The third-order valence-electron chi connectivity index (χ3n) is 4.17. The number of rotatable bonds is 8. The van der Waals surface area contributed by atoms with Crippen LogP contribution in [0.25, 0.3) is 11.5 Å². The maximum atomic E-state index is 12.3. The zero-order chi connectivity index (χ0) is 21.6. The molecule has 10 heteroatoms. The molecule has 0 bridgehead atoms. The monoisotopic (exact) mass is 428 g/mol. The highest BCUT2D eigenvalue weighted by molar-refractivity contribution is 7.61. The lowest BCUT2D eigenvalue weighted by Crippen LogP contribution is -2.26.